The molecule has 0 bridgehead atoms. The fraction of sp³-hybridized carbons (Fsp3) is 0.400. The molecule has 0 aromatic heterocycles. The Morgan fingerprint density at radius 1 is 0.333 bits per heavy atom. The molecule has 3 N–H and O–H groups in total. The van der Waals surface area contributed by atoms with Gasteiger partial charge in [-0.25, -0.2) is 0 Å². The molecule has 0 spiro atoms. The molecule has 9 amide bonds. The molecule has 6 aliphatic heterocycles. The molecular weight excluding hydrogens is 1140 g/mol. The van der Waals surface area contributed by atoms with E-state index >= 15 is 0 Å². The van der Waals surface area contributed by atoms with Gasteiger partial charge < -0.3 is 30.0 Å². The number of rotatable bonds is 24. The average Bonchev–Trinajstić information content (AvgIpc) is 3.84. The minimum absolute atomic E-state index is 0.00904. The zero-order valence-corrected chi connectivity index (χ0v) is 49.4. The first kappa shape index (κ1) is 63.7. The average molecular weight is 1210 g/mol. The Balaban J connectivity index is 0.000000181. The number of nitrogens with zero attached hydrogens (tertiary/aromatic N) is 6. The molecule has 3 fully saturated rings. The van der Waals surface area contributed by atoms with Crippen molar-refractivity contribution in [1.29, 1.82) is 0 Å². The second-order valence-electron chi connectivity index (χ2n) is 20.2. The van der Waals surface area contributed by atoms with E-state index < -0.39 is 71.0 Å². The predicted octanol–water partition coefficient (Wildman–Crippen LogP) is 10.5. The van der Waals surface area contributed by atoms with Crippen LogP contribution in [0.5, 0.6) is 0 Å². The molecule has 3 aromatic rings. The smallest absolute Gasteiger partial charge is 0.323 e. The van der Waals surface area contributed by atoms with E-state index in [1.54, 1.807) is 51.1 Å². The third-order valence-corrected chi connectivity index (χ3v) is 17.3. The minimum atomic E-state index is -1.28. The first-order chi connectivity index (χ1) is 40.4. The topological polar surface area (TPSA) is 285 Å². The van der Waals surface area contributed by atoms with Crippen LogP contribution in [0, 0.1) is 0 Å². The summed E-state index contributed by atoms with van der Waals surface area (Å²) in [5.74, 6) is -6.92. The highest BCUT2D eigenvalue weighted by Crippen LogP contribution is 2.47. The Morgan fingerprint density at radius 3 is 0.833 bits per heavy atom. The number of amides is 9. The maximum Gasteiger partial charge on any atom is 0.323 e. The van der Waals surface area contributed by atoms with Crippen LogP contribution < -0.4 is 14.7 Å². The monoisotopic (exact) mass is 1210 g/mol. The number of carbonyl (C=O) groups is 12. The first-order valence-electron chi connectivity index (χ1n) is 28.1. The summed E-state index contributed by atoms with van der Waals surface area (Å²) in [7, 11) is 0. The van der Waals surface area contributed by atoms with Gasteiger partial charge in [-0.3, -0.25) is 72.2 Å². The van der Waals surface area contributed by atoms with Gasteiger partial charge >= 0.3 is 17.9 Å². The lowest BCUT2D eigenvalue weighted by Crippen LogP contribution is -2.34. The fourth-order valence-electron chi connectivity index (χ4n) is 10.2. The zero-order valence-electron chi connectivity index (χ0n) is 46.9. The van der Waals surface area contributed by atoms with Crippen molar-refractivity contribution in [3.05, 3.63) is 104 Å². The Hall–Kier alpha value is -7.83. The highest BCUT2D eigenvalue weighted by atomic mass is 32.2. The van der Waals surface area contributed by atoms with Crippen LogP contribution >= 0.6 is 35.3 Å². The minimum Gasteiger partial charge on any atom is -0.480 e. The number of unbranched alkanes of at least 4 members (excludes halogenated alkanes) is 12. The van der Waals surface area contributed by atoms with Crippen LogP contribution in [0.15, 0.2) is 87.5 Å². The van der Waals surface area contributed by atoms with Crippen LogP contribution in [0.25, 0.3) is 16.7 Å². The molecule has 3 aromatic carbocycles. The molecule has 24 heteroatoms. The highest BCUT2D eigenvalue weighted by molar-refractivity contribution is 8.19. The van der Waals surface area contributed by atoms with Gasteiger partial charge in [0.1, 0.15) is 19.6 Å². The van der Waals surface area contributed by atoms with Crippen LogP contribution in [-0.4, -0.2) is 138 Å². The van der Waals surface area contributed by atoms with Crippen LogP contribution in [0.2, 0.25) is 0 Å². The van der Waals surface area contributed by atoms with Gasteiger partial charge in [-0.15, -0.1) is 0 Å². The number of aliphatic carboxylic acids is 3. The van der Waals surface area contributed by atoms with E-state index in [2.05, 4.69) is 20.8 Å². The Bertz CT molecular complexity index is 3260. The summed E-state index contributed by atoms with van der Waals surface area (Å²) >= 11 is 1.89. The van der Waals surface area contributed by atoms with Crippen molar-refractivity contribution >= 4 is 138 Å². The number of anilines is 3. The maximum atomic E-state index is 13.2. The van der Waals surface area contributed by atoms with E-state index in [9.17, 15) is 57.5 Å². The molecule has 6 heterocycles. The number of hydrogen-bond donors (Lipinski definition) is 3. The van der Waals surface area contributed by atoms with Crippen molar-refractivity contribution in [3.63, 3.8) is 0 Å². The number of imide groups is 3. The molecule has 0 saturated carbocycles. The zero-order chi connectivity index (χ0) is 60.8. The van der Waals surface area contributed by atoms with Gasteiger partial charge in [0, 0.05) is 36.3 Å². The van der Waals surface area contributed by atoms with Gasteiger partial charge in [0.05, 0.1) is 48.5 Å². The number of para-hydroxylation sites is 3. The van der Waals surface area contributed by atoms with Crippen LogP contribution in [0.1, 0.15) is 134 Å². The Kier molecular flexibility index (Phi) is 22.5. The lowest BCUT2D eigenvalue weighted by atomic mass is 10.1. The van der Waals surface area contributed by atoms with Crippen LogP contribution in [-0.2, 0) is 43.2 Å². The number of carbonyl (C=O) groups excluding carboxylic acids is 9. The van der Waals surface area contributed by atoms with Gasteiger partial charge in [-0.1, -0.05) is 152 Å². The molecule has 0 atom stereocenters. The molecule has 444 valence electrons. The standard InChI is InChI=1S/C21H24N2O5S.C20H22N2O5S.C19H20N2O5S/c1-2-3-4-5-6-9-12-22-15-11-8-7-10-14(15)17(19(22)26)18-20(27)23(13-16(24)25)21(28)29-18;1-2-3-4-5-8-11-21-14-10-7-6-9-13(14)16(18(21)25)17-19(26)22(12-15(23)24)20(27)28-17;1-2-3-4-7-10-20-13-9-6-5-8-12(13)15(17(20)24)16-18(25)21(11-14(22)23)19(26)27-16/h7-8,10-11H,2-6,9,12-13H2,1H3,(H,24,25);6-7,9-10H,2-5,8,11-12H2,1H3,(H,23,24);5-6,8-9H,2-4,7,10-11H2,1H3,(H,22,23)/b18-17-;17-16-;16-15-. The third kappa shape index (κ3) is 14.4. The summed E-state index contributed by atoms with van der Waals surface area (Å²) < 4.78 is 0. The number of carboxylic acid groups (broad SMARTS) is 3. The molecule has 84 heavy (non-hydrogen) atoms. The largest absolute Gasteiger partial charge is 0.480 e. The summed E-state index contributed by atoms with van der Waals surface area (Å²) in [6, 6.07) is 21.6. The molecule has 21 nitrogen and oxygen atoms in total. The molecule has 6 aliphatic rings. The van der Waals surface area contributed by atoms with E-state index in [-0.39, 0.29) is 49.2 Å². The predicted molar refractivity (Wildman–Crippen MR) is 320 cm³/mol. The maximum absolute atomic E-state index is 13.2. The van der Waals surface area contributed by atoms with E-state index in [0.29, 0.717) is 86.3 Å². The number of hydrogen-bond acceptors (Lipinski definition) is 15. The van der Waals surface area contributed by atoms with E-state index in [1.807, 2.05) is 36.4 Å². The van der Waals surface area contributed by atoms with Crippen LogP contribution in [0.3, 0.4) is 0 Å². The molecular formula is C60H66N6O15S3. The lowest BCUT2D eigenvalue weighted by molar-refractivity contribution is -0.141. The second-order valence-corrected chi connectivity index (χ2v) is 23.1. The Morgan fingerprint density at radius 2 is 0.571 bits per heavy atom. The Labute approximate surface area is 498 Å². The summed E-state index contributed by atoms with van der Waals surface area (Å²) in [5, 5.41) is 24.8. The normalized spacial score (nSPS) is 19.0. The highest BCUT2D eigenvalue weighted by Gasteiger charge is 2.47. The van der Waals surface area contributed by atoms with E-state index in [0.717, 1.165) is 94.1 Å². The molecule has 9 rings (SSSR count). The van der Waals surface area contributed by atoms with Crippen LogP contribution in [0.4, 0.5) is 31.4 Å². The summed E-state index contributed by atoms with van der Waals surface area (Å²) in [6.07, 6.45) is 15.9. The second kappa shape index (κ2) is 29.6. The lowest BCUT2D eigenvalue weighted by Gasteiger charge is -2.17. The van der Waals surface area contributed by atoms with Crippen molar-refractivity contribution < 1.29 is 72.9 Å². The summed E-state index contributed by atoms with van der Waals surface area (Å²) in [6.45, 7) is 5.92. The third-order valence-electron chi connectivity index (χ3n) is 14.3. The number of carboxylic acids is 3. The molecule has 3 saturated heterocycles. The summed E-state index contributed by atoms with van der Waals surface area (Å²) in [4.78, 5) is 153. The quantitative estimate of drug-likeness (QED) is 0.0555. The van der Waals surface area contributed by atoms with Crippen molar-refractivity contribution in [2.75, 3.05) is 54.0 Å². The van der Waals surface area contributed by atoms with Gasteiger partial charge in [0.2, 0.25) is 0 Å². The van der Waals surface area contributed by atoms with Gasteiger partial charge in [-0.05, 0) is 72.7 Å². The number of benzene rings is 3. The van der Waals surface area contributed by atoms with Crippen molar-refractivity contribution in [2.45, 2.75) is 117 Å². The summed E-state index contributed by atoms with van der Waals surface area (Å²) in [5.41, 5.74) is 4.60. The van der Waals surface area contributed by atoms with Crippen molar-refractivity contribution in [3.8, 4) is 0 Å². The van der Waals surface area contributed by atoms with E-state index in [4.69, 9.17) is 15.3 Å². The number of thioether (sulfide) groups is 3. The van der Waals surface area contributed by atoms with Gasteiger partial charge in [0.15, 0.2) is 0 Å². The first-order valence-corrected chi connectivity index (χ1v) is 30.5. The van der Waals surface area contributed by atoms with Crippen molar-refractivity contribution in [2.24, 2.45) is 0 Å². The molecule has 0 unspecified atom stereocenters. The molecule has 0 radical (unpaired) electrons. The SMILES string of the molecule is CCCCCCCCN1C(=O)/C(=C2\SC(=O)N(CC(=O)O)C2=O)c2ccccc21.CCCCCCCN1C(=O)/C(=C2\SC(=O)N(CC(=O)O)C2=O)c2ccccc21.CCCCCCN1C(=O)/C(=C2\SC(=O)N(CC(=O)O)C2=O)c2ccccc21. The van der Waals surface area contributed by atoms with Gasteiger partial charge in [-0.2, -0.15) is 0 Å². The number of fused-ring (bicyclic) bond motifs is 3. The fourth-order valence-corrected chi connectivity index (χ4v) is 13.0. The van der Waals surface area contributed by atoms with E-state index in [1.165, 1.54) is 19.3 Å². The molecule has 0 aliphatic carbocycles. The van der Waals surface area contributed by atoms with Crippen molar-refractivity contribution in [1.82, 2.24) is 14.7 Å². The van der Waals surface area contributed by atoms with Gasteiger partial charge in [0.25, 0.3) is 51.2 Å².